The number of nitrogens with one attached hydrogen (secondary N) is 2. The number of hydrogen-bond donors (Lipinski definition) is 2. The Kier molecular flexibility index (Phi) is 5.90. The summed E-state index contributed by atoms with van der Waals surface area (Å²) < 4.78 is 18.7. The monoisotopic (exact) mass is 365 g/mol. The molecule has 3 aromatic carbocycles. The second-order valence-corrected chi connectivity index (χ2v) is 5.73. The van der Waals surface area contributed by atoms with E-state index in [-0.39, 0.29) is 5.82 Å². The van der Waals surface area contributed by atoms with Crippen molar-refractivity contribution in [3.05, 3.63) is 90.2 Å². The van der Waals surface area contributed by atoms with Crippen LogP contribution in [0, 0.1) is 5.82 Å². The lowest BCUT2D eigenvalue weighted by molar-refractivity contribution is 0.482. The molecule has 4 nitrogen and oxygen atoms in total. The third-order valence-electron chi connectivity index (χ3n) is 3.32. The quantitative estimate of drug-likeness (QED) is 0.382. The predicted octanol–water partition coefficient (Wildman–Crippen LogP) is 4.94. The molecule has 0 unspecified atom stereocenters. The minimum atomic E-state index is -0.301. The molecule has 0 heterocycles. The van der Waals surface area contributed by atoms with Gasteiger partial charge in [0.05, 0.1) is 6.21 Å². The number of hydrazone groups is 1. The van der Waals surface area contributed by atoms with Gasteiger partial charge in [-0.1, -0.05) is 30.3 Å². The van der Waals surface area contributed by atoms with Gasteiger partial charge in [0.25, 0.3) is 0 Å². The molecule has 6 heteroatoms. The Bertz CT molecular complexity index is 898. The molecule has 0 amide bonds. The summed E-state index contributed by atoms with van der Waals surface area (Å²) in [6.07, 6.45) is 1.64. The van der Waals surface area contributed by atoms with E-state index < -0.39 is 0 Å². The molecule has 0 atom stereocenters. The van der Waals surface area contributed by atoms with Gasteiger partial charge in [0.1, 0.15) is 17.3 Å². The molecule has 26 heavy (non-hydrogen) atoms. The molecule has 0 bridgehead atoms. The van der Waals surface area contributed by atoms with Gasteiger partial charge in [-0.2, -0.15) is 5.10 Å². The van der Waals surface area contributed by atoms with Gasteiger partial charge >= 0.3 is 0 Å². The van der Waals surface area contributed by atoms with Crippen LogP contribution in [0.2, 0.25) is 0 Å². The van der Waals surface area contributed by atoms with Crippen LogP contribution in [0.4, 0.5) is 10.1 Å². The van der Waals surface area contributed by atoms with Crippen molar-refractivity contribution in [2.75, 3.05) is 5.32 Å². The van der Waals surface area contributed by atoms with Crippen molar-refractivity contribution in [1.29, 1.82) is 0 Å². The van der Waals surface area contributed by atoms with Crippen LogP contribution in [0.3, 0.4) is 0 Å². The minimum Gasteiger partial charge on any atom is -0.457 e. The number of rotatable bonds is 5. The minimum absolute atomic E-state index is 0.301. The Hall–Kier alpha value is -3.25. The molecule has 3 aromatic rings. The standard InChI is InChI=1S/C20H16FN3OS/c21-16-9-11-17(12-10-16)23-20(26)24-22-14-15-5-4-8-19(13-15)25-18-6-2-1-3-7-18/h1-14H,(H2,23,24,26). The van der Waals surface area contributed by atoms with Crippen LogP contribution in [0.1, 0.15) is 5.56 Å². The average molecular weight is 365 g/mol. The molecular weight excluding hydrogens is 349 g/mol. The molecule has 0 radical (unpaired) electrons. The maximum Gasteiger partial charge on any atom is 0.191 e. The van der Waals surface area contributed by atoms with Crippen LogP contribution < -0.4 is 15.5 Å². The summed E-state index contributed by atoms with van der Waals surface area (Å²) in [6.45, 7) is 0. The number of para-hydroxylation sites is 1. The normalized spacial score (nSPS) is 10.5. The molecular formula is C20H16FN3OS. The van der Waals surface area contributed by atoms with Crippen molar-refractivity contribution in [2.24, 2.45) is 5.10 Å². The first-order chi connectivity index (χ1) is 12.7. The molecule has 3 rings (SSSR count). The topological polar surface area (TPSA) is 45.7 Å². The highest BCUT2D eigenvalue weighted by Gasteiger charge is 1.99. The van der Waals surface area contributed by atoms with Crippen molar-refractivity contribution in [1.82, 2.24) is 5.43 Å². The van der Waals surface area contributed by atoms with E-state index in [0.29, 0.717) is 16.5 Å². The number of nitrogens with zero attached hydrogens (tertiary/aromatic N) is 1. The fourth-order valence-electron chi connectivity index (χ4n) is 2.14. The van der Waals surface area contributed by atoms with E-state index in [1.807, 2.05) is 54.6 Å². The van der Waals surface area contributed by atoms with E-state index in [1.54, 1.807) is 18.3 Å². The lowest BCUT2D eigenvalue weighted by atomic mass is 10.2. The maximum absolute atomic E-state index is 12.9. The number of anilines is 1. The molecule has 0 aliphatic heterocycles. The van der Waals surface area contributed by atoms with Gasteiger partial charge in [-0.25, -0.2) is 4.39 Å². The Labute approximate surface area is 156 Å². The van der Waals surface area contributed by atoms with E-state index in [2.05, 4.69) is 15.8 Å². The highest BCUT2D eigenvalue weighted by Crippen LogP contribution is 2.21. The summed E-state index contributed by atoms with van der Waals surface area (Å²) in [6, 6.07) is 23.0. The van der Waals surface area contributed by atoms with Crippen LogP contribution in [0.15, 0.2) is 84.0 Å². The average Bonchev–Trinajstić information content (AvgIpc) is 2.65. The fraction of sp³-hybridized carbons (Fsp3) is 0. The van der Waals surface area contributed by atoms with Gasteiger partial charge in [-0.3, -0.25) is 5.43 Å². The van der Waals surface area contributed by atoms with Gasteiger partial charge in [-0.05, 0) is 66.3 Å². The highest BCUT2D eigenvalue weighted by molar-refractivity contribution is 7.80. The molecule has 0 aliphatic carbocycles. The Balaban J connectivity index is 1.55. The zero-order valence-electron chi connectivity index (χ0n) is 13.7. The van der Waals surface area contributed by atoms with E-state index in [1.165, 1.54) is 12.1 Å². The largest absolute Gasteiger partial charge is 0.457 e. The van der Waals surface area contributed by atoms with E-state index in [0.717, 1.165) is 11.3 Å². The summed E-state index contributed by atoms with van der Waals surface area (Å²) in [5.41, 5.74) is 4.25. The summed E-state index contributed by atoms with van der Waals surface area (Å²) >= 11 is 5.14. The third kappa shape index (κ3) is 5.39. The molecule has 130 valence electrons. The van der Waals surface area contributed by atoms with Crippen LogP contribution in [-0.2, 0) is 0 Å². The lowest BCUT2D eigenvalue weighted by Crippen LogP contribution is -2.23. The highest BCUT2D eigenvalue weighted by atomic mass is 32.1. The van der Waals surface area contributed by atoms with Crippen LogP contribution >= 0.6 is 12.2 Å². The summed E-state index contributed by atoms with van der Waals surface area (Å²) in [7, 11) is 0. The molecule has 0 saturated heterocycles. The van der Waals surface area contributed by atoms with Gasteiger partial charge < -0.3 is 10.1 Å². The van der Waals surface area contributed by atoms with Crippen LogP contribution in [0.5, 0.6) is 11.5 Å². The van der Waals surface area contributed by atoms with E-state index in [4.69, 9.17) is 17.0 Å². The Morgan fingerprint density at radius 2 is 1.65 bits per heavy atom. The van der Waals surface area contributed by atoms with Crippen molar-refractivity contribution >= 4 is 29.2 Å². The van der Waals surface area contributed by atoms with E-state index in [9.17, 15) is 4.39 Å². The Morgan fingerprint density at radius 3 is 2.42 bits per heavy atom. The Morgan fingerprint density at radius 1 is 0.923 bits per heavy atom. The molecule has 0 fully saturated rings. The molecule has 0 aromatic heterocycles. The number of benzene rings is 3. The number of hydrogen-bond acceptors (Lipinski definition) is 3. The molecule has 0 spiro atoms. The van der Waals surface area contributed by atoms with Crippen LogP contribution in [-0.4, -0.2) is 11.3 Å². The molecule has 0 saturated carbocycles. The fourth-order valence-corrected chi connectivity index (χ4v) is 2.31. The smallest absolute Gasteiger partial charge is 0.191 e. The van der Waals surface area contributed by atoms with Crippen molar-refractivity contribution in [2.45, 2.75) is 0 Å². The van der Waals surface area contributed by atoms with Gasteiger partial charge in [0.15, 0.2) is 5.11 Å². The number of thiocarbonyl (C=S) groups is 1. The summed E-state index contributed by atoms with van der Waals surface area (Å²) in [4.78, 5) is 0. The zero-order valence-corrected chi connectivity index (χ0v) is 14.5. The first-order valence-corrected chi connectivity index (χ1v) is 8.28. The van der Waals surface area contributed by atoms with Crippen molar-refractivity contribution < 1.29 is 9.13 Å². The van der Waals surface area contributed by atoms with Gasteiger partial charge in [0.2, 0.25) is 0 Å². The van der Waals surface area contributed by atoms with Gasteiger partial charge in [-0.15, -0.1) is 0 Å². The second kappa shape index (κ2) is 8.73. The summed E-state index contributed by atoms with van der Waals surface area (Å²) in [5.74, 6) is 1.18. The third-order valence-corrected chi connectivity index (χ3v) is 3.51. The van der Waals surface area contributed by atoms with E-state index >= 15 is 0 Å². The van der Waals surface area contributed by atoms with Gasteiger partial charge in [0, 0.05) is 5.69 Å². The summed E-state index contributed by atoms with van der Waals surface area (Å²) in [5, 5.41) is 7.32. The van der Waals surface area contributed by atoms with Crippen LogP contribution in [0.25, 0.3) is 0 Å². The molecule has 2 N–H and O–H groups in total. The van der Waals surface area contributed by atoms with Crippen molar-refractivity contribution in [3.63, 3.8) is 0 Å². The number of halogens is 1. The first kappa shape index (κ1) is 17.6. The second-order valence-electron chi connectivity index (χ2n) is 5.32. The maximum atomic E-state index is 12.9. The molecule has 0 aliphatic rings. The van der Waals surface area contributed by atoms with Crippen molar-refractivity contribution in [3.8, 4) is 11.5 Å². The zero-order chi connectivity index (χ0) is 18.2. The first-order valence-electron chi connectivity index (χ1n) is 7.88. The number of ether oxygens (including phenoxy) is 1. The lowest BCUT2D eigenvalue weighted by Gasteiger charge is -2.07. The predicted molar refractivity (Wildman–Crippen MR) is 106 cm³/mol. The SMILES string of the molecule is Fc1ccc(NC(=S)NN=Cc2cccc(Oc3ccccc3)c2)cc1.